The molecule has 1 aromatic rings. The fourth-order valence-electron chi connectivity index (χ4n) is 1.53. The fraction of sp³-hybridized carbons (Fsp3) is 0.417. The maximum Gasteiger partial charge on any atom is 0.308 e. The Morgan fingerprint density at radius 3 is 2.30 bits per heavy atom. The summed E-state index contributed by atoms with van der Waals surface area (Å²) in [5.74, 6) is -0.0339. The van der Waals surface area contributed by atoms with E-state index in [9.17, 15) is 13.2 Å². The summed E-state index contributed by atoms with van der Waals surface area (Å²) >= 11 is 0. The summed E-state index contributed by atoms with van der Waals surface area (Å²) < 4.78 is 38.9. The van der Waals surface area contributed by atoms with Crippen LogP contribution in [0.4, 0.5) is 0 Å². The lowest BCUT2D eigenvalue weighted by Crippen LogP contribution is -2.33. The summed E-state index contributed by atoms with van der Waals surface area (Å²) in [6.45, 7) is 0. The summed E-state index contributed by atoms with van der Waals surface area (Å²) in [6, 6.07) is 4.09. The average molecular weight is 303 g/mol. The first-order chi connectivity index (χ1) is 9.36. The van der Waals surface area contributed by atoms with Crippen LogP contribution in [-0.4, -0.2) is 41.1 Å². The Morgan fingerprint density at radius 2 is 1.80 bits per heavy atom. The molecule has 1 aromatic carbocycles. The van der Waals surface area contributed by atoms with Crippen molar-refractivity contribution in [2.75, 3.05) is 21.3 Å². The third-order valence-corrected chi connectivity index (χ3v) is 4.55. The first-order valence-electron chi connectivity index (χ1n) is 5.65. The van der Waals surface area contributed by atoms with Gasteiger partial charge in [-0.15, -0.1) is 0 Å². The molecule has 112 valence electrons. The van der Waals surface area contributed by atoms with E-state index in [2.05, 4.69) is 4.74 Å². The quantitative estimate of drug-likeness (QED) is 0.755. The van der Waals surface area contributed by atoms with Crippen molar-refractivity contribution in [2.45, 2.75) is 16.7 Å². The topological polar surface area (TPSA) is 105 Å². The van der Waals surface area contributed by atoms with E-state index >= 15 is 0 Å². The minimum Gasteiger partial charge on any atom is -0.493 e. The minimum atomic E-state index is -3.86. The zero-order chi connectivity index (χ0) is 15.3. The lowest BCUT2D eigenvalue weighted by Gasteiger charge is -2.14. The normalized spacial score (nSPS) is 12.6. The van der Waals surface area contributed by atoms with E-state index in [4.69, 9.17) is 15.2 Å². The van der Waals surface area contributed by atoms with Crippen molar-refractivity contribution in [3.05, 3.63) is 18.2 Å². The highest BCUT2D eigenvalue weighted by Crippen LogP contribution is 2.30. The molecule has 0 heterocycles. The lowest BCUT2D eigenvalue weighted by molar-refractivity contribution is -0.140. The SMILES string of the molecule is COC(=O)CC(N)S(=O)(=O)c1ccc(OC)c(OC)c1. The van der Waals surface area contributed by atoms with Gasteiger partial charge in [0, 0.05) is 6.07 Å². The summed E-state index contributed by atoms with van der Waals surface area (Å²) in [6.07, 6.45) is -0.423. The highest BCUT2D eigenvalue weighted by molar-refractivity contribution is 7.92. The van der Waals surface area contributed by atoms with Crippen LogP contribution in [0.25, 0.3) is 0 Å². The molecule has 7 nitrogen and oxygen atoms in total. The van der Waals surface area contributed by atoms with Crippen molar-refractivity contribution in [3.8, 4) is 11.5 Å². The molecule has 0 aromatic heterocycles. The second-order valence-corrected chi connectivity index (χ2v) is 6.05. The van der Waals surface area contributed by atoms with E-state index in [1.807, 2.05) is 0 Å². The molecule has 0 bridgehead atoms. The number of nitrogens with two attached hydrogens (primary N) is 1. The maximum atomic E-state index is 12.2. The number of methoxy groups -OCH3 is 3. The van der Waals surface area contributed by atoms with Crippen LogP contribution in [0.1, 0.15) is 6.42 Å². The van der Waals surface area contributed by atoms with E-state index < -0.39 is 27.6 Å². The van der Waals surface area contributed by atoms with Crippen molar-refractivity contribution in [1.29, 1.82) is 0 Å². The molecule has 1 rings (SSSR count). The van der Waals surface area contributed by atoms with Crippen LogP contribution >= 0.6 is 0 Å². The predicted octanol–water partition coefficient (Wildman–Crippen LogP) is 0.325. The van der Waals surface area contributed by atoms with Crippen LogP contribution in [-0.2, 0) is 19.4 Å². The standard InChI is InChI=1S/C12H17NO6S/c1-17-9-5-4-8(6-10(9)18-2)20(15,16)11(13)7-12(14)19-3/h4-6,11H,7,13H2,1-3H3. The first-order valence-corrected chi connectivity index (χ1v) is 7.19. The van der Waals surface area contributed by atoms with Gasteiger partial charge in [-0.1, -0.05) is 0 Å². The number of ether oxygens (including phenoxy) is 3. The number of carbonyl (C=O) groups is 1. The Balaban J connectivity index is 3.12. The molecule has 0 aliphatic rings. The minimum absolute atomic E-state index is 0.0495. The molecule has 0 fully saturated rings. The second-order valence-electron chi connectivity index (χ2n) is 3.88. The lowest BCUT2D eigenvalue weighted by atomic mass is 10.3. The number of sulfone groups is 1. The number of carbonyl (C=O) groups excluding carboxylic acids is 1. The number of esters is 1. The fourth-order valence-corrected chi connectivity index (χ4v) is 2.76. The molecular formula is C12H17NO6S. The smallest absolute Gasteiger partial charge is 0.308 e. The van der Waals surface area contributed by atoms with Crippen LogP contribution in [0, 0.1) is 0 Å². The van der Waals surface area contributed by atoms with Crippen LogP contribution in [0.3, 0.4) is 0 Å². The number of benzene rings is 1. The molecule has 0 radical (unpaired) electrons. The highest BCUT2D eigenvalue weighted by Gasteiger charge is 2.27. The van der Waals surface area contributed by atoms with Crippen LogP contribution < -0.4 is 15.2 Å². The molecule has 0 spiro atoms. The van der Waals surface area contributed by atoms with Crippen LogP contribution in [0.15, 0.2) is 23.1 Å². The van der Waals surface area contributed by atoms with Gasteiger partial charge in [-0.2, -0.15) is 0 Å². The molecule has 1 atom stereocenters. The number of hydrogen-bond acceptors (Lipinski definition) is 7. The van der Waals surface area contributed by atoms with Crippen molar-refractivity contribution in [2.24, 2.45) is 5.73 Å². The van der Waals surface area contributed by atoms with Gasteiger partial charge in [-0.05, 0) is 12.1 Å². The Bertz CT molecular complexity index is 584. The molecule has 2 N–H and O–H groups in total. The highest BCUT2D eigenvalue weighted by atomic mass is 32.2. The maximum absolute atomic E-state index is 12.2. The summed E-state index contributed by atoms with van der Waals surface area (Å²) in [5, 5.41) is -1.38. The van der Waals surface area contributed by atoms with Gasteiger partial charge in [0.2, 0.25) is 0 Å². The predicted molar refractivity (Wildman–Crippen MR) is 71.3 cm³/mol. The Labute approximate surface area is 117 Å². The summed E-state index contributed by atoms with van der Waals surface area (Å²) in [7, 11) is 0.135. The summed E-state index contributed by atoms with van der Waals surface area (Å²) in [5.41, 5.74) is 5.56. The average Bonchev–Trinajstić information content (AvgIpc) is 2.45. The first kappa shape index (κ1) is 16.3. The van der Waals surface area contributed by atoms with Gasteiger partial charge in [0.05, 0.1) is 32.6 Å². The zero-order valence-electron chi connectivity index (χ0n) is 11.5. The molecule has 0 saturated carbocycles. The second kappa shape index (κ2) is 6.58. The van der Waals surface area contributed by atoms with Gasteiger partial charge in [0.15, 0.2) is 21.3 Å². The van der Waals surface area contributed by atoms with Gasteiger partial charge < -0.3 is 19.9 Å². The van der Waals surface area contributed by atoms with Gasteiger partial charge in [-0.25, -0.2) is 8.42 Å². The zero-order valence-corrected chi connectivity index (χ0v) is 12.3. The Hall–Kier alpha value is -1.80. The van der Waals surface area contributed by atoms with Crippen molar-refractivity contribution < 1.29 is 27.4 Å². The molecule has 8 heteroatoms. The third kappa shape index (κ3) is 3.40. The third-order valence-electron chi connectivity index (χ3n) is 2.68. The molecule has 0 aliphatic carbocycles. The van der Waals surface area contributed by atoms with Crippen molar-refractivity contribution in [3.63, 3.8) is 0 Å². The molecule has 0 aliphatic heterocycles. The Morgan fingerprint density at radius 1 is 1.20 bits per heavy atom. The van der Waals surface area contributed by atoms with Crippen molar-refractivity contribution >= 4 is 15.8 Å². The molecule has 0 amide bonds. The van der Waals surface area contributed by atoms with Gasteiger partial charge in [0.25, 0.3) is 0 Å². The van der Waals surface area contributed by atoms with Crippen LogP contribution in [0.2, 0.25) is 0 Å². The molecular weight excluding hydrogens is 286 g/mol. The van der Waals surface area contributed by atoms with Gasteiger partial charge in [0.1, 0.15) is 5.37 Å². The van der Waals surface area contributed by atoms with E-state index in [1.54, 1.807) is 0 Å². The molecule has 20 heavy (non-hydrogen) atoms. The van der Waals surface area contributed by atoms with E-state index in [1.165, 1.54) is 32.4 Å². The molecule has 0 saturated heterocycles. The number of hydrogen-bond donors (Lipinski definition) is 1. The Kier molecular flexibility index (Phi) is 5.34. The van der Waals surface area contributed by atoms with Crippen molar-refractivity contribution in [1.82, 2.24) is 0 Å². The summed E-state index contributed by atoms with van der Waals surface area (Å²) in [4.78, 5) is 11.1. The van der Waals surface area contributed by atoms with E-state index in [0.29, 0.717) is 5.75 Å². The largest absolute Gasteiger partial charge is 0.493 e. The van der Waals surface area contributed by atoms with Gasteiger partial charge in [-0.3, -0.25) is 4.79 Å². The number of rotatable bonds is 6. The van der Waals surface area contributed by atoms with Crippen LogP contribution in [0.5, 0.6) is 11.5 Å². The molecule has 1 unspecified atom stereocenters. The van der Waals surface area contributed by atoms with Gasteiger partial charge >= 0.3 is 5.97 Å². The monoisotopic (exact) mass is 303 g/mol. The van der Waals surface area contributed by atoms with E-state index in [0.717, 1.165) is 7.11 Å². The van der Waals surface area contributed by atoms with E-state index in [-0.39, 0.29) is 10.6 Å².